The molecule has 0 aliphatic carbocycles. The lowest BCUT2D eigenvalue weighted by Gasteiger charge is -2.34. The van der Waals surface area contributed by atoms with Crippen LogP contribution in [0.2, 0.25) is 0 Å². The van der Waals surface area contributed by atoms with Gasteiger partial charge >= 0.3 is 0 Å². The second-order valence-electron chi connectivity index (χ2n) is 6.12. The van der Waals surface area contributed by atoms with Crippen molar-refractivity contribution in [2.45, 2.75) is 45.1 Å². The Labute approximate surface area is 121 Å². The maximum absolute atomic E-state index is 3.53. The number of hydrogen-bond acceptors (Lipinski definition) is 3. The molecule has 2 aliphatic heterocycles. The van der Waals surface area contributed by atoms with Crippen LogP contribution in [0.15, 0.2) is 11.4 Å². The van der Waals surface area contributed by atoms with Crippen LogP contribution in [0.25, 0.3) is 0 Å². The zero-order chi connectivity index (χ0) is 13.1. The van der Waals surface area contributed by atoms with Crippen molar-refractivity contribution in [2.75, 3.05) is 26.2 Å². The summed E-state index contributed by atoms with van der Waals surface area (Å²) in [5.41, 5.74) is 1.59. The van der Waals surface area contributed by atoms with Gasteiger partial charge in [-0.1, -0.05) is 0 Å². The van der Waals surface area contributed by atoms with Crippen molar-refractivity contribution in [2.24, 2.45) is 5.92 Å². The zero-order valence-corrected chi connectivity index (χ0v) is 12.8. The largest absolute Gasteiger partial charge is 0.316 e. The highest BCUT2D eigenvalue weighted by atomic mass is 32.1. The molecule has 2 unspecified atom stereocenters. The minimum atomic E-state index is 0.638. The number of piperidine rings is 1. The third kappa shape index (κ3) is 3.21. The van der Waals surface area contributed by atoms with E-state index in [1.165, 1.54) is 58.3 Å². The number of rotatable bonds is 4. The topological polar surface area (TPSA) is 15.3 Å². The molecule has 0 saturated carbocycles. The second-order valence-corrected chi connectivity index (χ2v) is 7.12. The van der Waals surface area contributed by atoms with Crippen molar-refractivity contribution in [3.05, 3.63) is 21.9 Å². The van der Waals surface area contributed by atoms with Crippen molar-refractivity contribution < 1.29 is 0 Å². The van der Waals surface area contributed by atoms with Gasteiger partial charge in [-0.15, -0.1) is 11.3 Å². The SMILES string of the molecule is CC1c2ccsc2CCN1CCCC1CCCNC1. The molecule has 2 nitrogen and oxygen atoms in total. The summed E-state index contributed by atoms with van der Waals surface area (Å²) in [7, 11) is 0. The van der Waals surface area contributed by atoms with Crippen LogP contribution in [0, 0.1) is 5.92 Å². The Morgan fingerprint density at radius 3 is 3.26 bits per heavy atom. The van der Waals surface area contributed by atoms with Crippen LogP contribution in [0.1, 0.15) is 49.1 Å². The van der Waals surface area contributed by atoms with E-state index in [1.54, 1.807) is 10.4 Å². The van der Waals surface area contributed by atoms with Crippen molar-refractivity contribution in [3.8, 4) is 0 Å². The summed E-state index contributed by atoms with van der Waals surface area (Å²) in [5, 5.41) is 5.79. The predicted molar refractivity (Wildman–Crippen MR) is 82.8 cm³/mol. The summed E-state index contributed by atoms with van der Waals surface area (Å²) in [6.45, 7) is 7.42. The number of thiophene rings is 1. The average Bonchev–Trinajstić information content (AvgIpc) is 2.92. The lowest BCUT2D eigenvalue weighted by molar-refractivity contribution is 0.189. The minimum Gasteiger partial charge on any atom is -0.316 e. The van der Waals surface area contributed by atoms with E-state index < -0.39 is 0 Å². The van der Waals surface area contributed by atoms with Crippen LogP contribution in [0.3, 0.4) is 0 Å². The molecule has 0 bridgehead atoms. The highest BCUT2D eigenvalue weighted by Crippen LogP contribution is 2.33. The third-order valence-corrected chi connectivity index (χ3v) is 5.86. The standard InChI is InChI=1S/C16H26N2S/c1-13-15-7-11-19-16(15)6-10-18(13)9-3-5-14-4-2-8-17-12-14/h7,11,13-14,17H,2-6,8-10,12H2,1H3. The molecule has 3 rings (SSSR count). The number of fused-ring (bicyclic) bond motifs is 1. The van der Waals surface area contributed by atoms with Crippen LogP contribution in [0.5, 0.6) is 0 Å². The Kier molecular flexibility index (Phi) is 4.57. The number of hydrogen-bond donors (Lipinski definition) is 1. The zero-order valence-electron chi connectivity index (χ0n) is 12.0. The first kappa shape index (κ1) is 13.6. The van der Waals surface area contributed by atoms with Gasteiger partial charge < -0.3 is 5.32 Å². The molecule has 1 fully saturated rings. The molecule has 2 aliphatic rings. The van der Waals surface area contributed by atoms with Crippen molar-refractivity contribution in [1.29, 1.82) is 0 Å². The van der Waals surface area contributed by atoms with E-state index in [1.807, 2.05) is 11.3 Å². The lowest BCUT2D eigenvalue weighted by atomic mass is 9.94. The van der Waals surface area contributed by atoms with E-state index >= 15 is 0 Å². The fraction of sp³-hybridized carbons (Fsp3) is 0.750. The maximum atomic E-state index is 3.53. The molecular formula is C16H26N2S. The van der Waals surface area contributed by atoms with Gasteiger partial charge in [0.25, 0.3) is 0 Å². The molecule has 2 atom stereocenters. The highest BCUT2D eigenvalue weighted by Gasteiger charge is 2.24. The van der Waals surface area contributed by atoms with Crippen molar-refractivity contribution in [3.63, 3.8) is 0 Å². The maximum Gasteiger partial charge on any atom is 0.0331 e. The van der Waals surface area contributed by atoms with E-state index in [2.05, 4.69) is 28.6 Å². The Balaban J connectivity index is 1.46. The van der Waals surface area contributed by atoms with Gasteiger partial charge in [0.2, 0.25) is 0 Å². The van der Waals surface area contributed by atoms with Gasteiger partial charge in [-0.2, -0.15) is 0 Å². The molecule has 0 radical (unpaired) electrons. The Bertz CT molecular complexity index is 395. The fourth-order valence-corrected chi connectivity index (χ4v) is 4.58. The molecule has 0 spiro atoms. The van der Waals surface area contributed by atoms with E-state index in [0.29, 0.717) is 6.04 Å². The van der Waals surface area contributed by atoms with Crippen molar-refractivity contribution >= 4 is 11.3 Å². The Hall–Kier alpha value is -0.380. The van der Waals surface area contributed by atoms with E-state index in [0.717, 1.165) is 5.92 Å². The van der Waals surface area contributed by atoms with Gasteiger partial charge in [0, 0.05) is 17.5 Å². The van der Waals surface area contributed by atoms with Gasteiger partial charge in [-0.3, -0.25) is 4.90 Å². The van der Waals surface area contributed by atoms with Gasteiger partial charge in [0.15, 0.2) is 0 Å². The Morgan fingerprint density at radius 2 is 2.42 bits per heavy atom. The van der Waals surface area contributed by atoms with Gasteiger partial charge in [0.1, 0.15) is 0 Å². The molecule has 3 heteroatoms. The van der Waals surface area contributed by atoms with Crippen LogP contribution >= 0.6 is 11.3 Å². The quantitative estimate of drug-likeness (QED) is 0.907. The molecule has 0 aromatic carbocycles. The van der Waals surface area contributed by atoms with Crippen LogP contribution < -0.4 is 5.32 Å². The number of nitrogens with one attached hydrogen (secondary N) is 1. The van der Waals surface area contributed by atoms with Gasteiger partial charge in [-0.25, -0.2) is 0 Å². The normalized spacial score (nSPS) is 28.3. The molecule has 19 heavy (non-hydrogen) atoms. The summed E-state index contributed by atoms with van der Waals surface area (Å²) < 4.78 is 0. The summed E-state index contributed by atoms with van der Waals surface area (Å²) in [5.74, 6) is 0.936. The van der Waals surface area contributed by atoms with Crippen LogP contribution in [0.4, 0.5) is 0 Å². The van der Waals surface area contributed by atoms with E-state index in [4.69, 9.17) is 0 Å². The second kappa shape index (κ2) is 6.38. The summed E-state index contributed by atoms with van der Waals surface area (Å²) >= 11 is 1.94. The average molecular weight is 278 g/mol. The first-order valence-electron chi connectivity index (χ1n) is 7.85. The van der Waals surface area contributed by atoms with Gasteiger partial charge in [0.05, 0.1) is 0 Å². The van der Waals surface area contributed by atoms with E-state index in [9.17, 15) is 0 Å². The fourth-order valence-electron chi connectivity index (χ4n) is 3.62. The molecule has 0 amide bonds. The first-order valence-corrected chi connectivity index (χ1v) is 8.73. The molecule has 1 N–H and O–H groups in total. The smallest absolute Gasteiger partial charge is 0.0331 e. The molecule has 1 saturated heterocycles. The summed E-state index contributed by atoms with van der Waals surface area (Å²) in [6.07, 6.45) is 6.87. The third-order valence-electron chi connectivity index (χ3n) is 4.86. The van der Waals surface area contributed by atoms with Crippen molar-refractivity contribution in [1.82, 2.24) is 10.2 Å². The predicted octanol–water partition coefficient (Wildman–Crippen LogP) is 3.45. The molecular weight excluding hydrogens is 252 g/mol. The minimum absolute atomic E-state index is 0.638. The molecule has 1 aromatic heterocycles. The molecule has 106 valence electrons. The number of nitrogens with zero attached hydrogens (tertiary/aromatic N) is 1. The van der Waals surface area contributed by atoms with Crippen LogP contribution in [-0.4, -0.2) is 31.1 Å². The summed E-state index contributed by atoms with van der Waals surface area (Å²) in [6, 6.07) is 2.97. The summed E-state index contributed by atoms with van der Waals surface area (Å²) in [4.78, 5) is 4.31. The monoisotopic (exact) mass is 278 g/mol. The van der Waals surface area contributed by atoms with E-state index in [-0.39, 0.29) is 0 Å². The van der Waals surface area contributed by atoms with Gasteiger partial charge in [-0.05, 0) is 81.6 Å². The molecule has 1 aromatic rings. The molecule has 3 heterocycles. The highest BCUT2D eigenvalue weighted by molar-refractivity contribution is 7.10. The first-order chi connectivity index (χ1) is 9.34. The Morgan fingerprint density at radius 1 is 1.47 bits per heavy atom. The lowest BCUT2D eigenvalue weighted by Crippen LogP contribution is -2.35. The van der Waals surface area contributed by atoms with Crippen LogP contribution in [-0.2, 0) is 6.42 Å².